The maximum absolute atomic E-state index is 6.16. The van der Waals surface area contributed by atoms with E-state index in [1.165, 1.54) is 32.1 Å². The molecule has 0 unspecified atom stereocenters. The van der Waals surface area contributed by atoms with Crippen LogP contribution in [0.3, 0.4) is 0 Å². The van der Waals surface area contributed by atoms with Crippen molar-refractivity contribution in [1.82, 2.24) is 19.3 Å². The number of aromatic nitrogens is 4. The SMILES string of the molecule is CCCc1nn(C)c2c1nc(N)n2CC1CCCCC1. The molecule has 1 fully saturated rings. The summed E-state index contributed by atoms with van der Waals surface area (Å²) >= 11 is 0. The highest BCUT2D eigenvalue weighted by Crippen LogP contribution is 2.28. The molecule has 0 spiro atoms. The van der Waals surface area contributed by atoms with Crippen LogP contribution in [0.2, 0.25) is 0 Å². The molecule has 5 heteroatoms. The summed E-state index contributed by atoms with van der Waals surface area (Å²) in [5.74, 6) is 1.39. The average molecular weight is 275 g/mol. The summed E-state index contributed by atoms with van der Waals surface area (Å²) in [6.07, 6.45) is 8.79. The van der Waals surface area contributed by atoms with Crippen LogP contribution in [0, 0.1) is 5.92 Å². The van der Waals surface area contributed by atoms with Crippen LogP contribution in [0.4, 0.5) is 5.95 Å². The Kier molecular flexibility index (Phi) is 3.68. The van der Waals surface area contributed by atoms with E-state index in [9.17, 15) is 0 Å². The van der Waals surface area contributed by atoms with Crippen LogP contribution < -0.4 is 5.73 Å². The number of aryl methyl sites for hydroxylation is 2. The molecule has 0 atom stereocenters. The first-order valence-electron chi connectivity index (χ1n) is 7.88. The lowest BCUT2D eigenvalue weighted by atomic mass is 9.89. The van der Waals surface area contributed by atoms with Gasteiger partial charge in [0.15, 0.2) is 5.65 Å². The molecule has 5 nitrogen and oxygen atoms in total. The van der Waals surface area contributed by atoms with Crippen molar-refractivity contribution in [1.29, 1.82) is 0 Å². The smallest absolute Gasteiger partial charge is 0.202 e. The van der Waals surface area contributed by atoms with Gasteiger partial charge in [-0.25, -0.2) is 4.98 Å². The van der Waals surface area contributed by atoms with E-state index in [2.05, 4.69) is 21.6 Å². The predicted octanol–water partition coefficient (Wildman–Crippen LogP) is 2.88. The van der Waals surface area contributed by atoms with Crippen LogP contribution >= 0.6 is 0 Å². The number of rotatable bonds is 4. The number of hydrogen-bond donors (Lipinski definition) is 1. The highest BCUT2D eigenvalue weighted by molar-refractivity contribution is 5.77. The van der Waals surface area contributed by atoms with E-state index in [1.54, 1.807) is 0 Å². The minimum atomic E-state index is 0.649. The summed E-state index contributed by atoms with van der Waals surface area (Å²) in [5.41, 5.74) is 9.34. The zero-order chi connectivity index (χ0) is 14.1. The van der Waals surface area contributed by atoms with Gasteiger partial charge in [-0.3, -0.25) is 9.25 Å². The van der Waals surface area contributed by atoms with Gasteiger partial charge in [-0.2, -0.15) is 5.10 Å². The fraction of sp³-hybridized carbons (Fsp3) is 0.733. The van der Waals surface area contributed by atoms with Gasteiger partial charge in [0, 0.05) is 13.6 Å². The second-order valence-corrected chi connectivity index (χ2v) is 6.08. The molecule has 1 saturated carbocycles. The maximum atomic E-state index is 6.16. The lowest BCUT2D eigenvalue weighted by Gasteiger charge is -2.22. The fourth-order valence-corrected chi connectivity index (χ4v) is 3.47. The van der Waals surface area contributed by atoms with Crippen LogP contribution in [0.15, 0.2) is 0 Å². The van der Waals surface area contributed by atoms with Crippen LogP contribution in [-0.2, 0) is 20.0 Å². The van der Waals surface area contributed by atoms with Crippen LogP contribution in [0.1, 0.15) is 51.1 Å². The van der Waals surface area contributed by atoms with Crippen LogP contribution in [-0.4, -0.2) is 19.3 Å². The monoisotopic (exact) mass is 275 g/mol. The fourth-order valence-electron chi connectivity index (χ4n) is 3.47. The standard InChI is InChI=1S/C15H25N5/c1-3-7-12-13-14(19(2)18-12)20(15(16)17-13)10-11-8-5-4-6-9-11/h11H,3-10H2,1-2H3,(H2,16,17). The van der Waals surface area contributed by atoms with Crippen molar-refractivity contribution >= 4 is 17.1 Å². The summed E-state index contributed by atoms with van der Waals surface area (Å²) < 4.78 is 4.13. The molecule has 0 saturated heterocycles. The van der Waals surface area contributed by atoms with Gasteiger partial charge in [-0.15, -0.1) is 0 Å². The molecule has 1 aliphatic rings. The molecular weight excluding hydrogens is 250 g/mol. The highest BCUT2D eigenvalue weighted by atomic mass is 15.3. The quantitative estimate of drug-likeness (QED) is 0.933. The summed E-state index contributed by atoms with van der Waals surface area (Å²) in [4.78, 5) is 4.58. The number of nitrogens with two attached hydrogens (primary N) is 1. The van der Waals surface area contributed by atoms with Crippen molar-refractivity contribution in [2.75, 3.05) is 5.73 Å². The molecule has 0 aliphatic heterocycles. The first kappa shape index (κ1) is 13.5. The number of hydrogen-bond acceptors (Lipinski definition) is 3. The van der Waals surface area contributed by atoms with E-state index in [4.69, 9.17) is 5.73 Å². The molecular formula is C15H25N5. The molecule has 0 amide bonds. The summed E-state index contributed by atoms with van der Waals surface area (Å²) in [6, 6.07) is 0. The minimum Gasteiger partial charge on any atom is -0.369 e. The van der Waals surface area contributed by atoms with Crippen molar-refractivity contribution < 1.29 is 0 Å². The Morgan fingerprint density at radius 1 is 1.25 bits per heavy atom. The number of nitrogen functional groups attached to an aromatic ring is 1. The third kappa shape index (κ3) is 2.30. The molecule has 2 aromatic rings. The van der Waals surface area contributed by atoms with E-state index >= 15 is 0 Å². The Hall–Kier alpha value is -1.52. The molecule has 0 bridgehead atoms. The molecule has 20 heavy (non-hydrogen) atoms. The van der Waals surface area contributed by atoms with Crippen LogP contribution in [0.25, 0.3) is 11.2 Å². The minimum absolute atomic E-state index is 0.649. The molecule has 2 heterocycles. The Morgan fingerprint density at radius 2 is 2.00 bits per heavy atom. The largest absolute Gasteiger partial charge is 0.369 e. The first-order chi connectivity index (χ1) is 9.70. The van der Waals surface area contributed by atoms with Gasteiger partial charge in [-0.05, 0) is 25.2 Å². The lowest BCUT2D eigenvalue weighted by molar-refractivity contribution is 0.322. The molecule has 110 valence electrons. The zero-order valence-corrected chi connectivity index (χ0v) is 12.6. The van der Waals surface area contributed by atoms with Gasteiger partial charge in [0.05, 0.1) is 5.69 Å². The van der Waals surface area contributed by atoms with E-state index in [0.29, 0.717) is 5.95 Å². The molecule has 2 aromatic heterocycles. The number of imidazole rings is 1. The Morgan fingerprint density at radius 3 is 2.70 bits per heavy atom. The van der Waals surface area contributed by atoms with Gasteiger partial charge in [0.1, 0.15) is 5.52 Å². The van der Waals surface area contributed by atoms with Crippen molar-refractivity contribution in [2.24, 2.45) is 13.0 Å². The second kappa shape index (κ2) is 5.46. The van der Waals surface area contributed by atoms with Gasteiger partial charge >= 0.3 is 0 Å². The number of fused-ring (bicyclic) bond motifs is 1. The van der Waals surface area contributed by atoms with E-state index in [1.807, 2.05) is 11.7 Å². The number of anilines is 1. The Balaban J connectivity index is 1.95. The molecule has 0 radical (unpaired) electrons. The van der Waals surface area contributed by atoms with E-state index in [0.717, 1.165) is 42.2 Å². The van der Waals surface area contributed by atoms with Crippen molar-refractivity contribution in [2.45, 2.75) is 58.4 Å². The summed E-state index contributed by atoms with van der Waals surface area (Å²) in [6.45, 7) is 3.16. The van der Waals surface area contributed by atoms with Crippen molar-refractivity contribution in [3.05, 3.63) is 5.69 Å². The predicted molar refractivity (Wildman–Crippen MR) is 81.5 cm³/mol. The third-order valence-corrected chi connectivity index (χ3v) is 4.47. The summed E-state index contributed by atoms with van der Waals surface area (Å²) in [7, 11) is 2.00. The van der Waals surface area contributed by atoms with E-state index in [-0.39, 0.29) is 0 Å². The molecule has 1 aliphatic carbocycles. The second-order valence-electron chi connectivity index (χ2n) is 6.08. The Labute approximate surface area is 120 Å². The normalized spacial score (nSPS) is 17.1. The first-order valence-corrected chi connectivity index (χ1v) is 7.88. The summed E-state index contributed by atoms with van der Waals surface area (Å²) in [5, 5.41) is 4.61. The third-order valence-electron chi connectivity index (χ3n) is 4.47. The van der Waals surface area contributed by atoms with E-state index < -0.39 is 0 Å². The number of nitrogens with zero attached hydrogens (tertiary/aromatic N) is 4. The van der Waals surface area contributed by atoms with Gasteiger partial charge in [-0.1, -0.05) is 32.6 Å². The maximum Gasteiger partial charge on any atom is 0.202 e. The van der Waals surface area contributed by atoms with Gasteiger partial charge < -0.3 is 5.73 Å². The average Bonchev–Trinajstić information content (AvgIpc) is 2.91. The van der Waals surface area contributed by atoms with Gasteiger partial charge in [0.2, 0.25) is 5.95 Å². The van der Waals surface area contributed by atoms with Crippen molar-refractivity contribution in [3.8, 4) is 0 Å². The molecule has 0 aromatic carbocycles. The van der Waals surface area contributed by atoms with Crippen molar-refractivity contribution in [3.63, 3.8) is 0 Å². The van der Waals surface area contributed by atoms with Gasteiger partial charge in [0.25, 0.3) is 0 Å². The Bertz CT molecular complexity index is 589. The topological polar surface area (TPSA) is 61.7 Å². The molecule has 2 N–H and O–H groups in total. The lowest BCUT2D eigenvalue weighted by Crippen LogP contribution is -2.16. The molecule has 3 rings (SSSR count). The highest BCUT2D eigenvalue weighted by Gasteiger charge is 2.21. The van der Waals surface area contributed by atoms with Crippen LogP contribution in [0.5, 0.6) is 0 Å². The zero-order valence-electron chi connectivity index (χ0n) is 12.6.